The van der Waals surface area contributed by atoms with Gasteiger partial charge in [0.05, 0.1) is 6.04 Å². The summed E-state index contributed by atoms with van der Waals surface area (Å²) in [6.07, 6.45) is 4.41. The van der Waals surface area contributed by atoms with E-state index in [1.807, 2.05) is 11.8 Å². The summed E-state index contributed by atoms with van der Waals surface area (Å²) < 4.78 is 0. The van der Waals surface area contributed by atoms with Crippen LogP contribution in [0, 0.1) is 5.92 Å². The molecule has 1 aliphatic carbocycles. The first kappa shape index (κ1) is 14.5. The molecule has 17 heavy (non-hydrogen) atoms. The molecule has 0 radical (unpaired) electrons. The minimum atomic E-state index is -0.276. The van der Waals surface area contributed by atoms with Crippen LogP contribution in [0.2, 0.25) is 0 Å². The van der Waals surface area contributed by atoms with Crippen LogP contribution in [0.25, 0.3) is 0 Å². The summed E-state index contributed by atoms with van der Waals surface area (Å²) in [6, 6.07) is -0.276. The van der Waals surface area contributed by atoms with Crippen LogP contribution in [-0.4, -0.2) is 55.5 Å². The van der Waals surface area contributed by atoms with Crippen molar-refractivity contribution in [3.05, 3.63) is 0 Å². The number of hydrogen-bond donors (Lipinski definition) is 1. The first-order chi connectivity index (χ1) is 8.04. The smallest absolute Gasteiger partial charge is 0.239 e. The van der Waals surface area contributed by atoms with Crippen LogP contribution in [0.1, 0.15) is 32.6 Å². The molecule has 0 aliphatic heterocycles. The Kier molecular flexibility index (Phi) is 5.92. The predicted octanol–water partition coefficient (Wildman–Crippen LogP) is 0.914. The fourth-order valence-corrected chi connectivity index (χ4v) is 2.05. The fourth-order valence-electron chi connectivity index (χ4n) is 2.05. The first-order valence-corrected chi connectivity index (χ1v) is 6.73. The second-order valence-corrected chi connectivity index (χ2v) is 5.36. The Bertz CT molecular complexity index is 239. The number of amides is 1. The van der Waals surface area contributed by atoms with Gasteiger partial charge in [0.2, 0.25) is 5.91 Å². The molecule has 1 saturated carbocycles. The molecule has 0 spiro atoms. The maximum Gasteiger partial charge on any atom is 0.239 e. The minimum Gasteiger partial charge on any atom is -0.342 e. The van der Waals surface area contributed by atoms with Crippen LogP contribution in [-0.2, 0) is 4.79 Å². The van der Waals surface area contributed by atoms with Crippen molar-refractivity contribution < 1.29 is 4.79 Å². The molecule has 100 valence electrons. The maximum absolute atomic E-state index is 12.1. The Hall–Kier alpha value is -0.610. The largest absolute Gasteiger partial charge is 0.342 e. The molecule has 0 bridgehead atoms. The van der Waals surface area contributed by atoms with E-state index in [-0.39, 0.29) is 11.9 Å². The van der Waals surface area contributed by atoms with E-state index in [0.717, 1.165) is 38.4 Å². The topological polar surface area (TPSA) is 49.6 Å². The zero-order valence-electron chi connectivity index (χ0n) is 11.5. The molecule has 0 aromatic heterocycles. The number of nitrogens with two attached hydrogens (primary N) is 1. The molecule has 0 aromatic carbocycles. The third-order valence-corrected chi connectivity index (χ3v) is 3.33. The van der Waals surface area contributed by atoms with Gasteiger partial charge in [-0.2, -0.15) is 0 Å². The van der Waals surface area contributed by atoms with Gasteiger partial charge in [-0.3, -0.25) is 4.79 Å². The van der Waals surface area contributed by atoms with Crippen LogP contribution in [0.5, 0.6) is 0 Å². The summed E-state index contributed by atoms with van der Waals surface area (Å²) >= 11 is 0. The van der Waals surface area contributed by atoms with E-state index in [1.165, 1.54) is 12.8 Å². The second kappa shape index (κ2) is 6.97. The molecule has 0 aromatic rings. The number of carbonyl (C=O) groups is 1. The molecule has 0 heterocycles. The highest BCUT2D eigenvalue weighted by Crippen LogP contribution is 2.33. The van der Waals surface area contributed by atoms with Gasteiger partial charge in [0.15, 0.2) is 0 Å². The zero-order valence-corrected chi connectivity index (χ0v) is 11.5. The van der Waals surface area contributed by atoms with Gasteiger partial charge in [-0.1, -0.05) is 12.8 Å². The van der Waals surface area contributed by atoms with Crippen LogP contribution < -0.4 is 5.73 Å². The molecule has 1 amide bonds. The minimum absolute atomic E-state index is 0.137. The van der Waals surface area contributed by atoms with Crippen molar-refractivity contribution in [2.24, 2.45) is 11.7 Å². The zero-order chi connectivity index (χ0) is 12.8. The summed E-state index contributed by atoms with van der Waals surface area (Å²) in [7, 11) is 4.11. The van der Waals surface area contributed by atoms with Crippen LogP contribution >= 0.6 is 0 Å². The van der Waals surface area contributed by atoms with E-state index in [1.54, 1.807) is 0 Å². The van der Waals surface area contributed by atoms with Gasteiger partial charge >= 0.3 is 0 Å². The summed E-state index contributed by atoms with van der Waals surface area (Å²) in [5.74, 6) is 0.854. The molecule has 4 nitrogen and oxygen atoms in total. The molecule has 4 heteroatoms. The van der Waals surface area contributed by atoms with Gasteiger partial charge in [-0.05, 0) is 46.3 Å². The average molecular weight is 241 g/mol. The molecule has 1 rings (SSSR count). The fraction of sp³-hybridized carbons (Fsp3) is 0.923. The summed E-state index contributed by atoms with van der Waals surface area (Å²) in [4.78, 5) is 16.1. The van der Waals surface area contributed by atoms with Crippen LogP contribution in [0.15, 0.2) is 0 Å². The molecular formula is C13H27N3O. The standard InChI is InChI=1S/C13H27N3O/c1-4-16(9-5-8-15(2)3)13(17)12(14)10-11-6-7-11/h11-12H,4-10,14H2,1-3H3/t12-/m0/s1. The summed E-state index contributed by atoms with van der Waals surface area (Å²) in [6.45, 7) is 4.63. The number of nitrogens with zero attached hydrogens (tertiary/aromatic N) is 2. The molecule has 0 saturated heterocycles. The van der Waals surface area contributed by atoms with Crippen molar-refractivity contribution >= 4 is 5.91 Å². The lowest BCUT2D eigenvalue weighted by Gasteiger charge is -2.25. The van der Waals surface area contributed by atoms with Gasteiger partial charge in [0.1, 0.15) is 0 Å². The van der Waals surface area contributed by atoms with Crippen molar-refractivity contribution in [1.29, 1.82) is 0 Å². The molecule has 2 N–H and O–H groups in total. The molecule has 1 atom stereocenters. The third kappa shape index (κ3) is 5.50. The lowest BCUT2D eigenvalue weighted by molar-refractivity contribution is -0.132. The maximum atomic E-state index is 12.1. The van der Waals surface area contributed by atoms with Crippen LogP contribution in [0.3, 0.4) is 0 Å². The number of carbonyl (C=O) groups excluding carboxylic acids is 1. The Morgan fingerprint density at radius 2 is 2.00 bits per heavy atom. The Morgan fingerprint density at radius 1 is 1.35 bits per heavy atom. The third-order valence-electron chi connectivity index (χ3n) is 3.33. The average Bonchev–Trinajstić information content (AvgIpc) is 3.07. The van der Waals surface area contributed by atoms with Gasteiger partial charge < -0.3 is 15.5 Å². The lowest BCUT2D eigenvalue weighted by Crippen LogP contribution is -2.44. The second-order valence-electron chi connectivity index (χ2n) is 5.36. The highest BCUT2D eigenvalue weighted by molar-refractivity contribution is 5.81. The quantitative estimate of drug-likeness (QED) is 0.687. The molecular weight excluding hydrogens is 214 g/mol. The van der Waals surface area contributed by atoms with E-state index in [2.05, 4.69) is 19.0 Å². The van der Waals surface area contributed by atoms with E-state index >= 15 is 0 Å². The van der Waals surface area contributed by atoms with Crippen molar-refractivity contribution in [2.75, 3.05) is 33.7 Å². The highest BCUT2D eigenvalue weighted by atomic mass is 16.2. The summed E-state index contributed by atoms with van der Waals surface area (Å²) in [5.41, 5.74) is 5.96. The van der Waals surface area contributed by atoms with Gasteiger partial charge in [0.25, 0.3) is 0 Å². The van der Waals surface area contributed by atoms with Crippen molar-refractivity contribution in [2.45, 2.75) is 38.6 Å². The normalized spacial score (nSPS) is 17.2. The van der Waals surface area contributed by atoms with Gasteiger partial charge in [-0.25, -0.2) is 0 Å². The molecule has 1 fully saturated rings. The van der Waals surface area contributed by atoms with Crippen molar-refractivity contribution in [3.8, 4) is 0 Å². The number of rotatable bonds is 8. The SMILES string of the molecule is CCN(CCCN(C)C)C(=O)[C@@H](N)CC1CC1. The monoisotopic (exact) mass is 241 g/mol. The molecule has 0 unspecified atom stereocenters. The number of hydrogen-bond acceptors (Lipinski definition) is 3. The number of likely N-dealkylation sites (N-methyl/N-ethyl adjacent to an activating group) is 1. The Balaban J connectivity index is 2.28. The van der Waals surface area contributed by atoms with Crippen molar-refractivity contribution in [3.63, 3.8) is 0 Å². The van der Waals surface area contributed by atoms with E-state index in [4.69, 9.17) is 5.73 Å². The first-order valence-electron chi connectivity index (χ1n) is 6.73. The van der Waals surface area contributed by atoms with E-state index in [9.17, 15) is 4.79 Å². The van der Waals surface area contributed by atoms with Crippen molar-refractivity contribution in [1.82, 2.24) is 9.80 Å². The van der Waals surface area contributed by atoms with Gasteiger partial charge in [-0.15, -0.1) is 0 Å². The predicted molar refractivity (Wildman–Crippen MR) is 70.7 cm³/mol. The lowest BCUT2D eigenvalue weighted by atomic mass is 10.1. The van der Waals surface area contributed by atoms with E-state index < -0.39 is 0 Å². The van der Waals surface area contributed by atoms with E-state index in [0.29, 0.717) is 0 Å². The highest BCUT2D eigenvalue weighted by Gasteiger charge is 2.28. The Labute approximate surface area is 105 Å². The Morgan fingerprint density at radius 3 is 2.47 bits per heavy atom. The van der Waals surface area contributed by atoms with Gasteiger partial charge in [0, 0.05) is 13.1 Å². The molecule has 1 aliphatic rings. The van der Waals surface area contributed by atoms with Crippen LogP contribution in [0.4, 0.5) is 0 Å². The summed E-state index contributed by atoms with van der Waals surface area (Å²) in [5, 5.41) is 0.